The van der Waals surface area contributed by atoms with E-state index < -0.39 is 5.54 Å². The molecule has 0 amide bonds. The van der Waals surface area contributed by atoms with Crippen LogP contribution in [0.1, 0.15) is 32.8 Å². The first-order chi connectivity index (χ1) is 7.86. The lowest BCUT2D eigenvalue weighted by atomic mass is 9.66. The highest BCUT2D eigenvalue weighted by molar-refractivity contribution is 5.41. The fraction of sp³-hybridized carbons (Fsp3) is 0.571. The van der Waals surface area contributed by atoms with Gasteiger partial charge in [0.25, 0.3) is 0 Å². The Kier molecular flexibility index (Phi) is 4.17. The molecular formula is C14H23NO2. The summed E-state index contributed by atoms with van der Waals surface area (Å²) in [4.78, 5) is 0. The Morgan fingerprint density at radius 1 is 1.24 bits per heavy atom. The lowest BCUT2D eigenvalue weighted by Crippen LogP contribution is -2.52. The summed E-state index contributed by atoms with van der Waals surface area (Å²) >= 11 is 0. The van der Waals surface area contributed by atoms with Gasteiger partial charge in [-0.1, -0.05) is 25.1 Å². The molecule has 96 valence electrons. The summed E-state index contributed by atoms with van der Waals surface area (Å²) in [6.07, 6.45) is 0.608. The molecule has 3 heteroatoms. The van der Waals surface area contributed by atoms with Gasteiger partial charge in [-0.05, 0) is 26.3 Å². The standard InChI is InChI=1S/C14H23NO2/c1-13(2,15)14(3,9-10-16)11-7-5-6-8-12(11)17-4/h5-8,16H,9-10,15H2,1-4H3. The number of para-hydroxylation sites is 1. The second-order valence-electron chi connectivity index (χ2n) is 5.23. The van der Waals surface area contributed by atoms with Gasteiger partial charge in [0.1, 0.15) is 5.75 Å². The van der Waals surface area contributed by atoms with Crippen LogP contribution in [0.3, 0.4) is 0 Å². The third-order valence-electron chi connectivity index (χ3n) is 3.74. The number of benzene rings is 1. The van der Waals surface area contributed by atoms with E-state index in [1.807, 2.05) is 38.1 Å². The van der Waals surface area contributed by atoms with Gasteiger partial charge in [-0.2, -0.15) is 0 Å². The van der Waals surface area contributed by atoms with Gasteiger partial charge in [0.2, 0.25) is 0 Å². The summed E-state index contributed by atoms with van der Waals surface area (Å²) in [6, 6.07) is 7.85. The zero-order chi connectivity index (χ0) is 13.1. The van der Waals surface area contributed by atoms with E-state index in [0.29, 0.717) is 6.42 Å². The summed E-state index contributed by atoms with van der Waals surface area (Å²) in [7, 11) is 1.65. The number of aliphatic hydroxyl groups is 1. The van der Waals surface area contributed by atoms with Crippen LogP contribution in [0, 0.1) is 0 Å². The van der Waals surface area contributed by atoms with Crippen molar-refractivity contribution in [2.24, 2.45) is 5.73 Å². The topological polar surface area (TPSA) is 55.5 Å². The Hall–Kier alpha value is -1.06. The molecule has 3 N–H and O–H groups in total. The maximum Gasteiger partial charge on any atom is 0.122 e. The van der Waals surface area contributed by atoms with Gasteiger partial charge in [-0.3, -0.25) is 0 Å². The quantitative estimate of drug-likeness (QED) is 0.824. The molecule has 0 saturated carbocycles. The monoisotopic (exact) mass is 237 g/mol. The summed E-state index contributed by atoms with van der Waals surface area (Å²) in [5, 5.41) is 9.29. The number of methoxy groups -OCH3 is 1. The highest BCUT2D eigenvalue weighted by Crippen LogP contribution is 2.41. The number of hydrogen-bond donors (Lipinski definition) is 2. The average Bonchev–Trinajstić information content (AvgIpc) is 2.27. The summed E-state index contributed by atoms with van der Waals surface area (Å²) < 4.78 is 5.40. The van der Waals surface area contributed by atoms with Crippen LogP contribution in [0.4, 0.5) is 0 Å². The lowest BCUT2D eigenvalue weighted by Gasteiger charge is -2.42. The lowest BCUT2D eigenvalue weighted by molar-refractivity contribution is 0.187. The van der Waals surface area contributed by atoms with Crippen molar-refractivity contribution in [3.63, 3.8) is 0 Å². The number of nitrogens with two attached hydrogens (primary N) is 1. The molecule has 1 unspecified atom stereocenters. The van der Waals surface area contributed by atoms with E-state index in [1.165, 1.54) is 0 Å². The molecule has 0 aliphatic rings. The van der Waals surface area contributed by atoms with Crippen molar-refractivity contribution in [3.05, 3.63) is 29.8 Å². The molecule has 0 spiro atoms. The molecule has 0 radical (unpaired) electrons. The maximum absolute atomic E-state index is 9.29. The normalized spacial score (nSPS) is 15.4. The summed E-state index contributed by atoms with van der Waals surface area (Å²) in [5.74, 6) is 0.821. The second kappa shape index (κ2) is 5.07. The number of rotatable bonds is 5. The van der Waals surface area contributed by atoms with Crippen LogP contribution in [0.25, 0.3) is 0 Å². The van der Waals surface area contributed by atoms with E-state index >= 15 is 0 Å². The second-order valence-corrected chi connectivity index (χ2v) is 5.23. The highest BCUT2D eigenvalue weighted by Gasteiger charge is 2.40. The Morgan fingerprint density at radius 2 is 1.82 bits per heavy atom. The van der Waals surface area contributed by atoms with E-state index in [1.54, 1.807) is 7.11 Å². The Morgan fingerprint density at radius 3 is 2.29 bits per heavy atom. The van der Waals surface area contributed by atoms with Crippen molar-refractivity contribution in [3.8, 4) is 5.75 Å². The van der Waals surface area contributed by atoms with Crippen molar-refractivity contribution in [2.75, 3.05) is 13.7 Å². The molecular weight excluding hydrogens is 214 g/mol. The molecule has 0 aliphatic carbocycles. The molecule has 0 aromatic heterocycles. The molecule has 0 heterocycles. The first kappa shape index (κ1) is 14.0. The minimum absolute atomic E-state index is 0.106. The molecule has 1 rings (SSSR count). The molecule has 1 atom stereocenters. The van der Waals surface area contributed by atoms with Crippen molar-refractivity contribution < 1.29 is 9.84 Å². The molecule has 3 nitrogen and oxygen atoms in total. The van der Waals surface area contributed by atoms with Crippen LogP contribution < -0.4 is 10.5 Å². The third kappa shape index (κ3) is 2.61. The smallest absolute Gasteiger partial charge is 0.122 e. The van der Waals surface area contributed by atoms with Gasteiger partial charge in [-0.25, -0.2) is 0 Å². The van der Waals surface area contributed by atoms with E-state index in [9.17, 15) is 5.11 Å². The SMILES string of the molecule is COc1ccccc1C(C)(CCO)C(C)(C)N. The molecule has 0 aliphatic heterocycles. The molecule has 0 fully saturated rings. The maximum atomic E-state index is 9.29. The van der Waals surface area contributed by atoms with Crippen LogP contribution in [0.5, 0.6) is 5.75 Å². The van der Waals surface area contributed by atoms with E-state index in [4.69, 9.17) is 10.5 Å². The van der Waals surface area contributed by atoms with Gasteiger partial charge in [0.05, 0.1) is 7.11 Å². The summed E-state index contributed by atoms with van der Waals surface area (Å²) in [6.45, 7) is 6.14. The number of ether oxygens (including phenoxy) is 1. The molecule has 1 aromatic rings. The van der Waals surface area contributed by atoms with Crippen molar-refractivity contribution in [2.45, 2.75) is 38.1 Å². The number of hydrogen-bond acceptors (Lipinski definition) is 3. The predicted octanol–water partition coefficient (Wildman–Crippen LogP) is 2.07. The van der Waals surface area contributed by atoms with Gasteiger partial charge in [0.15, 0.2) is 0 Å². The third-order valence-corrected chi connectivity index (χ3v) is 3.74. The van der Waals surface area contributed by atoms with Gasteiger partial charge >= 0.3 is 0 Å². The van der Waals surface area contributed by atoms with Crippen molar-refractivity contribution in [1.29, 1.82) is 0 Å². The largest absolute Gasteiger partial charge is 0.496 e. The molecule has 0 bridgehead atoms. The first-order valence-electron chi connectivity index (χ1n) is 5.90. The van der Waals surface area contributed by atoms with Crippen molar-refractivity contribution >= 4 is 0 Å². The fourth-order valence-electron chi connectivity index (χ4n) is 2.13. The minimum atomic E-state index is -0.440. The molecule has 0 saturated heterocycles. The van der Waals surface area contributed by atoms with E-state index in [0.717, 1.165) is 11.3 Å². The average molecular weight is 237 g/mol. The Bertz CT molecular complexity index is 371. The van der Waals surface area contributed by atoms with Gasteiger partial charge < -0.3 is 15.6 Å². The molecule has 17 heavy (non-hydrogen) atoms. The highest BCUT2D eigenvalue weighted by atomic mass is 16.5. The zero-order valence-electron chi connectivity index (χ0n) is 11.2. The van der Waals surface area contributed by atoms with Crippen LogP contribution in [0.2, 0.25) is 0 Å². The van der Waals surface area contributed by atoms with Crippen LogP contribution in [0.15, 0.2) is 24.3 Å². The zero-order valence-corrected chi connectivity index (χ0v) is 11.2. The van der Waals surface area contributed by atoms with Crippen molar-refractivity contribution in [1.82, 2.24) is 0 Å². The molecule has 1 aromatic carbocycles. The first-order valence-corrected chi connectivity index (χ1v) is 5.90. The van der Waals surface area contributed by atoms with Crippen LogP contribution in [-0.4, -0.2) is 24.4 Å². The predicted molar refractivity (Wildman–Crippen MR) is 70.3 cm³/mol. The van der Waals surface area contributed by atoms with Crippen LogP contribution in [-0.2, 0) is 5.41 Å². The van der Waals surface area contributed by atoms with Gasteiger partial charge in [0, 0.05) is 23.1 Å². The van der Waals surface area contributed by atoms with E-state index in [2.05, 4.69) is 6.92 Å². The van der Waals surface area contributed by atoms with Gasteiger partial charge in [-0.15, -0.1) is 0 Å². The minimum Gasteiger partial charge on any atom is -0.496 e. The Balaban J connectivity index is 3.32. The van der Waals surface area contributed by atoms with E-state index in [-0.39, 0.29) is 12.0 Å². The number of aliphatic hydroxyl groups excluding tert-OH is 1. The Labute approximate surface area is 104 Å². The van der Waals surface area contributed by atoms with Crippen LogP contribution >= 0.6 is 0 Å². The fourth-order valence-corrected chi connectivity index (χ4v) is 2.13. The summed E-state index contributed by atoms with van der Waals surface area (Å²) in [5.41, 5.74) is 6.57.